The van der Waals surface area contributed by atoms with Gasteiger partial charge in [0.05, 0.1) is 32.1 Å². The molecule has 3 heterocycles. The lowest BCUT2D eigenvalue weighted by atomic mass is 10.1. The Morgan fingerprint density at radius 1 is 1.26 bits per heavy atom. The van der Waals surface area contributed by atoms with Gasteiger partial charge in [0.2, 0.25) is 5.91 Å². The molecule has 0 saturated carbocycles. The summed E-state index contributed by atoms with van der Waals surface area (Å²) < 4.78 is 16.4. The largest absolute Gasteiger partial charge is 0.493 e. The highest BCUT2D eigenvalue weighted by atomic mass is 16.5. The first-order chi connectivity index (χ1) is 15.2. The summed E-state index contributed by atoms with van der Waals surface area (Å²) in [6.07, 6.45) is 4.43. The minimum atomic E-state index is -0.813. The number of amides is 2. The van der Waals surface area contributed by atoms with Gasteiger partial charge >= 0.3 is 6.09 Å². The van der Waals surface area contributed by atoms with Crippen LogP contribution in [0.3, 0.4) is 0 Å². The second-order valence-electron chi connectivity index (χ2n) is 7.68. The molecular weight excluding hydrogens is 400 g/mol. The molecule has 31 heavy (non-hydrogen) atoms. The number of hydrogen-bond acceptors (Lipinski definition) is 6. The molecule has 2 aliphatic heterocycles. The van der Waals surface area contributed by atoms with Crippen molar-refractivity contribution < 1.29 is 23.8 Å². The van der Waals surface area contributed by atoms with Crippen LogP contribution >= 0.6 is 0 Å². The van der Waals surface area contributed by atoms with Crippen molar-refractivity contribution in [3.8, 4) is 17.0 Å². The molecule has 1 fully saturated rings. The molecule has 2 aliphatic rings. The summed E-state index contributed by atoms with van der Waals surface area (Å²) in [4.78, 5) is 34.9. The van der Waals surface area contributed by atoms with Crippen LogP contribution in [0, 0.1) is 0 Å². The normalized spacial score (nSPS) is 22.2. The summed E-state index contributed by atoms with van der Waals surface area (Å²) in [7, 11) is 1.27. The van der Waals surface area contributed by atoms with Gasteiger partial charge in [0, 0.05) is 24.9 Å². The predicted molar refractivity (Wildman–Crippen MR) is 113 cm³/mol. The standard InChI is InChI=1S/C22H28N4O5/c1-29-22(28)25-17-14-30-11-4-5-12-31-19-9-3-2-7-15(19)16-13-23-20(24-16)18-8-6-10-26(18)21(17)27/h2-3,7,9,13,17-18H,4-6,8,10-12,14H2,1H3,(H,23,24)(H,25,28)/t17-,18-/m0/s1. The van der Waals surface area contributed by atoms with Crippen molar-refractivity contribution in [1.82, 2.24) is 20.2 Å². The van der Waals surface area contributed by atoms with Crippen LogP contribution in [-0.2, 0) is 14.3 Å². The van der Waals surface area contributed by atoms with Crippen LogP contribution in [0.25, 0.3) is 11.3 Å². The van der Waals surface area contributed by atoms with Gasteiger partial charge in [-0.25, -0.2) is 9.78 Å². The molecule has 1 aromatic carbocycles. The Labute approximate surface area is 181 Å². The Morgan fingerprint density at radius 3 is 2.97 bits per heavy atom. The molecule has 1 saturated heterocycles. The predicted octanol–water partition coefficient (Wildman–Crippen LogP) is 2.65. The number of carbonyl (C=O) groups is 2. The third kappa shape index (κ3) is 4.82. The number of ether oxygens (including phenoxy) is 3. The van der Waals surface area contributed by atoms with Crippen LogP contribution in [0.1, 0.15) is 37.5 Å². The van der Waals surface area contributed by atoms with Crippen LogP contribution in [0.5, 0.6) is 5.75 Å². The maximum Gasteiger partial charge on any atom is 0.407 e. The Balaban J connectivity index is 1.64. The molecule has 2 N–H and O–H groups in total. The molecular formula is C22H28N4O5. The lowest BCUT2D eigenvalue weighted by Crippen LogP contribution is -2.50. The quantitative estimate of drug-likeness (QED) is 0.723. The highest BCUT2D eigenvalue weighted by Crippen LogP contribution is 2.34. The lowest BCUT2D eigenvalue weighted by molar-refractivity contribution is -0.136. The molecule has 4 rings (SSSR count). The van der Waals surface area contributed by atoms with Crippen molar-refractivity contribution in [2.75, 3.05) is 33.5 Å². The third-order valence-corrected chi connectivity index (χ3v) is 5.61. The van der Waals surface area contributed by atoms with Crippen molar-refractivity contribution in [3.05, 3.63) is 36.3 Å². The van der Waals surface area contributed by atoms with Gasteiger partial charge in [-0.05, 0) is 37.8 Å². The number of methoxy groups -OCH3 is 1. The van der Waals surface area contributed by atoms with E-state index in [-0.39, 0.29) is 18.6 Å². The van der Waals surface area contributed by atoms with E-state index in [2.05, 4.69) is 10.3 Å². The van der Waals surface area contributed by atoms with Gasteiger partial charge in [-0.2, -0.15) is 0 Å². The second kappa shape index (κ2) is 9.82. The fourth-order valence-electron chi connectivity index (χ4n) is 4.03. The van der Waals surface area contributed by atoms with Gasteiger partial charge in [0.15, 0.2) is 0 Å². The summed E-state index contributed by atoms with van der Waals surface area (Å²) in [5.74, 6) is 1.32. The molecule has 166 valence electrons. The Bertz CT molecular complexity index is 915. The number of rotatable bonds is 1. The summed E-state index contributed by atoms with van der Waals surface area (Å²) in [5.41, 5.74) is 1.69. The molecule has 0 spiro atoms. The first-order valence-electron chi connectivity index (χ1n) is 10.7. The van der Waals surface area contributed by atoms with Crippen LogP contribution in [0.4, 0.5) is 4.79 Å². The van der Waals surface area contributed by atoms with E-state index in [9.17, 15) is 9.59 Å². The van der Waals surface area contributed by atoms with Crippen LogP contribution in [0.15, 0.2) is 30.5 Å². The topological polar surface area (TPSA) is 106 Å². The molecule has 0 aliphatic carbocycles. The fourth-order valence-corrected chi connectivity index (χ4v) is 4.03. The summed E-state index contributed by atoms with van der Waals surface area (Å²) in [5, 5.41) is 2.61. The maximum atomic E-state index is 13.3. The number of imidazole rings is 1. The first-order valence-corrected chi connectivity index (χ1v) is 10.7. The average Bonchev–Trinajstić information content (AvgIpc) is 3.46. The Kier molecular flexibility index (Phi) is 6.71. The molecule has 2 atom stereocenters. The summed E-state index contributed by atoms with van der Waals surface area (Å²) >= 11 is 0. The number of aromatic nitrogens is 2. The Hall–Kier alpha value is -3.07. The number of benzene rings is 1. The van der Waals surface area contributed by atoms with Gasteiger partial charge in [-0.1, -0.05) is 12.1 Å². The van der Waals surface area contributed by atoms with Crippen molar-refractivity contribution in [3.63, 3.8) is 0 Å². The van der Waals surface area contributed by atoms with Crippen molar-refractivity contribution in [2.45, 2.75) is 37.8 Å². The highest BCUT2D eigenvalue weighted by molar-refractivity contribution is 5.86. The molecule has 9 heteroatoms. The number of hydrogen-bond donors (Lipinski definition) is 2. The SMILES string of the molecule is COC(=O)N[C@H]1COCCCCOc2ccccc2-c2c[nH]c(n2)[C@@H]2CCCN2C1=O. The summed E-state index contributed by atoms with van der Waals surface area (Å²) in [6, 6.07) is 6.82. The highest BCUT2D eigenvalue weighted by Gasteiger charge is 2.36. The molecule has 2 bridgehead atoms. The number of nitrogens with one attached hydrogen (secondary N) is 2. The van der Waals surface area contributed by atoms with Crippen molar-refractivity contribution in [1.29, 1.82) is 0 Å². The third-order valence-electron chi connectivity index (χ3n) is 5.61. The van der Waals surface area contributed by atoms with E-state index in [1.54, 1.807) is 4.90 Å². The monoisotopic (exact) mass is 428 g/mol. The smallest absolute Gasteiger partial charge is 0.407 e. The molecule has 2 aromatic rings. The van der Waals surface area contributed by atoms with Crippen molar-refractivity contribution in [2.24, 2.45) is 0 Å². The van der Waals surface area contributed by atoms with Crippen molar-refractivity contribution >= 4 is 12.0 Å². The van der Waals surface area contributed by atoms with Crippen LogP contribution in [0.2, 0.25) is 0 Å². The van der Waals surface area contributed by atoms with E-state index < -0.39 is 12.1 Å². The zero-order chi connectivity index (χ0) is 21.6. The molecule has 0 unspecified atom stereocenters. The van der Waals surface area contributed by atoms with E-state index in [1.807, 2.05) is 30.5 Å². The zero-order valence-corrected chi connectivity index (χ0v) is 17.6. The summed E-state index contributed by atoms with van der Waals surface area (Å²) in [6.45, 7) is 1.71. The van der Waals surface area contributed by atoms with Gasteiger partial charge in [0.1, 0.15) is 17.6 Å². The van der Waals surface area contributed by atoms with E-state index in [4.69, 9.17) is 19.2 Å². The van der Waals surface area contributed by atoms with E-state index in [1.165, 1.54) is 7.11 Å². The van der Waals surface area contributed by atoms with E-state index >= 15 is 0 Å². The van der Waals surface area contributed by atoms with Crippen LogP contribution in [-0.4, -0.2) is 66.4 Å². The zero-order valence-electron chi connectivity index (χ0n) is 17.6. The molecule has 0 radical (unpaired) electrons. The number of H-pyrrole nitrogens is 1. The minimum Gasteiger partial charge on any atom is -0.493 e. The maximum absolute atomic E-state index is 13.3. The number of alkyl carbamates (subject to hydrolysis) is 1. The fraction of sp³-hybridized carbons (Fsp3) is 0.500. The molecule has 1 aromatic heterocycles. The molecule has 2 amide bonds. The van der Waals surface area contributed by atoms with E-state index in [0.29, 0.717) is 19.8 Å². The number of nitrogens with zero attached hydrogens (tertiary/aromatic N) is 2. The number of fused-ring (bicyclic) bond motifs is 6. The average molecular weight is 428 g/mol. The molecule has 9 nitrogen and oxygen atoms in total. The van der Waals surface area contributed by atoms with Gasteiger partial charge < -0.3 is 29.4 Å². The van der Waals surface area contributed by atoms with Crippen LogP contribution < -0.4 is 10.1 Å². The number of aromatic amines is 1. The Morgan fingerprint density at radius 2 is 2.10 bits per heavy atom. The number of carbonyl (C=O) groups excluding carboxylic acids is 2. The second-order valence-corrected chi connectivity index (χ2v) is 7.68. The van der Waals surface area contributed by atoms with Gasteiger partial charge in [-0.15, -0.1) is 0 Å². The lowest BCUT2D eigenvalue weighted by Gasteiger charge is -2.28. The van der Waals surface area contributed by atoms with Gasteiger partial charge in [0.25, 0.3) is 0 Å². The van der Waals surface area contributed by atoms with Gasteiger partial charge in [-0.3, -0.25) is 4.79 Å². The number of para-hydroxylation sites is 1. The first kappa shape index (κ1) is 21.2. The minimum absolute atomic E-state index is 0.0875. The van der Waals surface area contributed by atoms with E-state index in [0.717, 1.165) is 48.5 Å².